The second-order valence-electron chi connectivity index (χ2n) is 3.50. The van der Waals surface area contributed by atoms with E-state index >= 15 is 0 Å². The van der Waals surface area contributed by atoms with E-state index in [2.05, 4.69) is 0 Å². The summed E-state index contributed by atoms with van der Waals surface area (Å²) in [6.07, 6.45) is -4.78. The van der Waals surface area contributed by atoms with Gasteiger partial charge in [-0.25, -0.2) is 0 Å². The average molecular weight is 250 g/mol. The van der Waals surface area contributed by atoms with Crippen molar-refractivity contribution in [1.82, 2.24) is 0 Å². The Hall–Kier alpha value is -1.83. The smallest absolute Gasteiger partial charge is 0.407 e. The fraction of sp³-hybridized carbons (Fsp3) is 0.333. The van der Waals surface area contributed by atoms with Gasteiger partial charge >= 0.3 is 11.9 Å². The number of nitrogens with zero attached hydrogens (tertiary/aromatic N) is 1. The Morgan fingerprint density at radius 2 is 2.00 bits per heavy atom. The van der Waals surface area contributed by atoms with E-state index in [1.54, 1.807) is 0 Å². The Kier molecular flexibility index (Phi) is 3.28. The molecule has 3 N–H and O–H groups in total. The van der Waals surface area contributed by atoms with E-state index in [4.69, 9.17) is 5.73 Å². The maximum atomic E-state index is 12.4. The van der Waals surface area contributed by atoms with Crippen LogP contribution in [0.15, 0.2) is 12.1 Å². The highest BCUT2D eigenvalue weighted by atomic mass is 19.4. The molecule has 0 aliphatic carbocycles. The molecule has 0 unspecified atom stereocenters. The van der Waals surface area contributed by atoms with Crippen molar-refractivity contribution in [3.63, 3.8) is 0 Å². The van der Waals surface area contributed by atoms with Gasteiger partial charge in [-0.15, -0.1) is 0 Å². The molecule has 1 aromatic carbocycles. The predicted molar refractivity (Wildman–Crippen MR) is 52.5 cm³/mol. The minimum Gasteiger partial charge on any atom is -0.502 e. The number of phenols is 1. The molecule has 0 aromatic heterocycles. The van der Waals surface area contributed by atoms with Crippen LogP contribution in [0.2, 0.25) is 0 Å². The first-order chi connectivity index (χ1) is 7.64. The molecule has 1 atom stereocenters. The van der Waals surface area contributed by atoms with Gasteiger partial charge in [0.25, 0.3) is 0 Å². The molecule has 5 nitrogen and oxygen atoms in total. The minimum absolute atomic E-state index is 0.212. The number of nitro benzene ring substituents is 1. The number of aromatic hydroxyl groups is 1. The lowest BCUT2D eigenvalue weighted by Crippen LogP contribution is -2.28. The molecule has 1 rings (SSSR count). The minimum atomic E-state index is -4.78. The standard InChI is InChI=1S/C9H9F3N2O3/c1-4-2-5(8(13)9(10,11)12)7(15)6(3-4)14(16)17/h2-3,8,15H,13H2,1H3/t8-/m1/s1. The lowest BCUT2D eigenvalue weighted by Gasteiger charge is -2.17. The molecule has 0 radical (unpaired) electrons. The van der Waals surface area contributed by atoms with Crippen molar-refractivity contribution in [3.8, 4) is 5.75 Å². The summed E-state index contributed by atoms with van der Waals surface area (Å²) >= 11 is 0. The number of aryl methyl sites for hydroxylation is 1. The molecule has 0 bridgehead atoms. The van der Waals surface area contributed by atoms with Gasteiger partial charge in [0.05, 0.1) is 4.92 Å². The number of nitrogens with two attached hydrogens (primary N) is 1. The van der Waals surface area contributed by atoms with Crippen LogP contribution < -0.4 is 5.73 Å². The molecule has 8 heteroatoms. The summed E-state index contributed by atoms with van der Waals surface area (Å²) < 4.78 is 37.1. The molecule has 0 aliphatic heterocycles. The quantitative estimate of drug-likeness (QED) is 0.621. The highest BCUT2D eigenvalue weighted by Gasteiger charge is 2.40. The maximum absolute atomic E-state index is 12.4. The molecule has 94 valence electrons. The van der Waals surface area contributed by atoms with Crippen LogP contribution in [0.5, 0.6) is 5.75 Å². The highest BCUT2D eigenvalue weighted by molar-refractivity contribution is 5.54. The van der Waals surface area contributed by atoms with Gasteiger partial charge in [-0.3, -0.25) is 10.1 Å². The van der Waals surface area contributed by atoms with E-state index in [-0.39, 0.29) is 5.56 Å². The van der Waals surface area contributed by atoms with Gasteiger partial charge in [-0.1, -0.05) is 0 Å². The number of hydrogen-bond donors (Lipinski definition) is 2. The number of hydrogen-bond acceptors (Lipinski definition) is 4. The van der Waals surface area contributed by atoms with Crippen molar-refractivity contribution in [3.05, 3.63) is 33.4 Å². The summed E-state index contributed by atoms with van der Waals surface area (Å²) in [5.41, 5.74) is 3.62. The monoisotopic (exact) mass is 250 g/mol. The lowest BCUT2D eigenvalue weighted by molar-refractivity contribution is -0.386. The van der Waals surface area contributed by atoms with Gasteiger partial charge < -0.3 is 10.8 Å². The molecular weight excluding hydrogens is 241 g/mol. The van der Waals surface area contributed by atoms with Gasteiger partial charge in [0.2, 0.25) is 0 Å². The van der Waals surface area contributed by atoms with Crippen molar-refractivity contribution >= 4 is 5.69 Å². The number of rotatable bonds is 2. The van der Waals surface area contributed by atoms with Crippen molar-refractivity contribution in [2.45, 2.75) is 19.1 Å². The molecular formula is C9H9F3N2O3. The van der Waals surface area contributed by atoms with Crippen LogP contribution >= 0.6 is 0 Å². The first kappa shape index (κ1) is 13.2. The Bertz CT molecular complexity index is 460. The van der Waals surface area contributed by atoms with Crippen molar-refractivity contribution < 1.29 is 23.2 Å². The van der Waals surface area contributed by atoms with E-state index in [1.165, 1.54) is 6.92 Å². The fourth-order valence-corrected chi connectivity index (χ4v) is 1.34. The van der Waals surface area contributed by atoms with Crippen molar-refractivity contribution in [2.24, 2.45) is 5.73 Å². The van der Waals surface area contributed by atoms with Gasteiger partial charge in [-0.05, 0) is 18.6 Å². The van der Waals surface area contributed by atoms with Gasteiger partial charge in [-0.2, -0.15) is 13.2 Å². The summed E-state index contributed by atoms with van der Waals surface area (Å²) in [7, 11) is 0. The molecule has 1 aromatic rings. The summed E-state index contributed by atoms with van der Waals surface area (Å²) in [5, 5.41) is 19.9. The van der Waals surface area contributed by atoms with Crippen LogP contribution in [-0.2, 0) is 0 Å². The number of nitro groups is 1. The third kappa shape index (κ3) is 2.64. The molecule has 17 heavy (non-hydrogen) atoms. The Morgan fingerprint density at radius 1 is 1.47 bits per heavy atom. The van der Waals surface area contributed by atoms with Crippen LogP contribution in [0, 0.1) is 17.0 Å². The second kappa shape index (κ2) is 4.21. The van der Waals surface area contributed by atoms with Crippen molar-refractivity contribution in [1.29, 1.82) is 0 Å². The van der Waals surface area contributed by atoms with Gasteiger partial charge in [0, 0.05) is 11.6 Å². The van der Waals surface area contributed by atoms with E-state index in [0.717, 1.165) is 12.1 Å². The Labute approximate surface area is 93.8 Å². The average Bonchev–Trinajstić information content (AvgIpc) is 2.18. The number of phenolic OH excluding ortho intramolecular Hbond substituents is 1. The lowest BCUT2D eigenvalue weighted by atomic mass is 10.0. The summed E-state index contributed by atoms with van der Waals surface area (Å²) in [6, 6.07) is -0.510. The van der Waals surface area contributed by atoms with Crippen LogP contribution in [-0.4, -0.2) is 16.2 Å². The van der Waals surface area contributed by atoms with E-state index in [9.17, 15) is 28.4 Å². The largest absolute Gasteiger partial charge is 0.502 e. The summed E-state index contributed by atoms with van der Waals surface area (Å²) in [4.78, 5) is 9.56. The van der Waals surface area contributed by atoms with Crippen LogP contribution in [0.1, 0.15) is 17.2 Å². The third-order valence-electron chi connectivity index (χ3n) is 2.15. The maximum Gasteiger partial charge on any atom is 0.407 e. The third-order valence-corrected chi connectivity index (χ3v) is 2.15. The van der Waals surface area contributed by atoms with E-state index < -0.39 is 34.1 Å². The SMILES string of the molecule is Cc1cc([C@@H](N)C(F)(F)F)c(O)c([N+](=O)[O-])c1. The van der Waals surface area contributed by atoms with Crippen LogP contribution in [0.4, 0.5) is 18.9 Å². The van der Waals surface area contributed by atoms with Crippen LogP contribution in [0.25, 0.3) is 0 Å². The number of halogens is 3. The zero-order chi connectivity index (χ0) is 13.4. The summed E-state index contributed by atoms with van der Waals surface area (Å²) in [5.74, 6) is -1.05. The molecule has 0 amide bonds. The fourth-order valence-electron chi connectivity index (χ4n) is 1.34. The zero-order valence-corrected chi connectivity index (χ0v) is 8.65. The summed E-state index contributed by atoms with van der Waals surface area (Å²) in [6.45, 7) is 1.37. The van der Waals surface area contributed by atoms with Gasteiger partial charge in [0.15, 0.2) is 5.75 Å². The molecule has 0 fully saturated rings. The Morgan fingerprint density at radius 3 is 2.41 bits per heavy atom. The highest BCUT2D eigenvalue weighted by Crippen LogP contribution is 2.39. The van der Waals surface area contributed by atoms with E-state index in [1.807, 2.05) is 0 Å². The van der Waals surface area contributed by atoms with E-state index in [0.29, 0.717) is 0 Å². The Balaban J connectivity index is 3.40. The molecule has 0 spiro atoms. The van der Waals surface area contributed by atoms with Crippen molar-refractivity contribution in [2.75, 3.05) is 0 Å². The first-order valence-corrected chi connectivity index (χ1v) is 4.44. The molecule has 0 aliphatic rings. The first-order valence-electron chi connectivity index (χ1n) is 4.44. The second-order valence-corrected chi connectivity index (χ2v) is 3.50. The zero-order valence-electron chi connectivity index (χ0n) is 8.65. The molecule has 0 saturated heterocycles. The normalized spacial score (nSPS) is 13.5. The number of benzene rings is 1. The van der Waals surface area contributed by atoms with Gasteiger partial charge in [0.1, 0.15) is 6.04 Å². The predicted octanol–water partition coefficient (Wildman–Crippen LogP) is 2.17. The number of alkyl halides is 3. The topological polar surface area (TPSA) is 89.4 Å². The van der Waals surface area contributed by atoms with Crippen LogP contribution in [0.3, 0.4) is 0 Å². The molecule has 0 saturated carbocycles. The molecule has 0 heterocycles.